The molecule has 0 saturated carbocycles. The third-order valence-corrected chi connectivity index (χ3v) is 3.83. The van der Waals surface area contributed by atoms with Crippen LogP contribution in [-0.2, 0) is 10.2 Å². The number of rotatable bonds is 5. The molecule has 2 atom stereocenters. The van der Waals surface area contributed by atoms with Crippen molar-refractivity contribution < 1.29 is 9.90 Å². The molecule has 0 aliphatic heterocycles. The number of carboxylic acids is 1. The number of aliphatic carboxylic acids is 1. The van der Waals surface area contributed by atoms with Crippen LogP contribution in [0.15, 0.2) is 73.3 Å². The zero-order valence-electron chi connectivity index (χ0n) is 11.5. The van der Waals surface area contributed by atoms with E-state index >= 15 is 0 Å². The van der Waals surface area contributed by atoms with Gasteiger partial charge in [0.05, 0.1) is 0 Å². The Morgan fingerprint density at radius 2 is 1.60 bits per heavy atom. The minimum absolute atomic E-state index is 0.288. The van der Waals surface area contributed by atoms with Gasteiger partial charge < -0.3 is 5.11 Å². The Labute approximate surface area is 119 Å². The van der Waals surface area contributed by atoms with Crippen LogP contribution in [0.4, 0.5) is 0 Å². The first-order valence-corrected chi connectivity index (χ1v) is 6.57. The Bertz CT molecular complexity index is 589. The van der Waals surface area contributed by atoms with E-state index < -0.39 is 11.4 Å². The zero-order valence-corrected chi connectivity index (χ0v) is 11.5. The lowest BCUT2D eigenvalue weighted by molar-refractivity contribution is -0.143. The van der Waals surface area contributed by atoms with E-state index in [-0.39, 0.29) is 5.92 Å². The summed E-state index contributed by atoms with van der Waals surface area (Å²) in [4.78, 5) is 11.9. The van der Waals surface area contributed by atoms with Crippen molar-refractivity contribution in [1.82, 2.24) is 0 Å². The summed E-state index contributed by atoms with van der Waals surface area (Å²) in [6, 6.07) is 19.0. The summed E-state index contributed by atoms with van der Waals surface area (Å²) in [6.07, 6.45) is 1.72. The Balaban J connectivity index is 2.58. The predicted molar refractivity (Wildman–Crippen MR) is 80.8 cm³/mol. The minimum Gasteiger partial charge on any atom is -0.481 e. The second-order valence-electron chi connectivity index (χ2n) is 5.00. The summed E-state index contributed by atoms with van der Waals surface area (Å²) in [7, 11) is 0. The summed E-state index contributed by atoms with van der Waals surface area (Å²) in [5.41, 5.74) is 0.696. The van der Waals surface area contributed by atoms with Gasteiger partial charge in [-0.15, -0.1) is 6.58 Å². The lowest BCUT2D eigenvalue weighted by Crippen LogP contribution is -2.38. The maximum Gasteiger partial charge on any atom is 0.314 e. The third-order valence-electron chi connectivity index (χ3n) is 3.83. The fourth-order valence-corrected chi connectivity index (χ4v) is 2.59. The molecule has 0 radical (unpaired) electrons. The normalized spacial score (nSPS) is 15.1. The van der Waals surface area contributed by atoms with Crippen LogP contribution in [0.3, 0.4) is 0 Å². The van der Waals surface area contributed by atoms with Crippen molar-refractivity contribution in [3.05, 3.63) is 84.4 Å². The monoisotopic (exact) mass is 266 g/mol. The van der Waals surface area contributed by atoms with Gasteiger partial charge in [0.1, 0.15) is 5.41 Å². The topological polar surface area (TPSA) is 37.3 Å². The molecule has 2 aromatic rings. The first-order valence-electron chi connectivity index (χ1n) is 6.57. The van der Waals surface area contributed by atoms with E-state index in [2.05, 4.69) is 6.58 Å². The van der Waals surface area contributed by atoms with Crippen molar-refractivity contribution in [3.63, 3.8) is 0 Å². The van der Waals surface area contributed by atoms with Gasteiger partial charge in [-0.2, -0.15) is 0 Å². The summed E-state index contributed by atoms with van der Waals surface area (Å²) in [5, 5.41) is 9.80. The molecule has 0 aromatic heterocycles. The molecule has 2 rings (SSSR count). The molecule has 2 aromatic carbocycles. The smallest absolute Gasteiger partial charge is 0.314 e. The molecule has 0 spiro atoms. The van der Waals surface area contributed by atoms with Crippen LogP contribution < -0.4 is 0 Å². The van der Waals surface area contributed by atoms with Crippen LogP contribution in [0, 0.1) is 0 Å². The van der Waals surface area contributed by atoms with Crippen LogP contribution >= 0.6 is 0 Å². The maximum atomic E-state index is 11.9. The van der Waals surface area contributed by atoms with E-state index in [1.54, 1.807) is 13.0 Å². The van der Waals surface area contributed by atoms with Crippen molar-refractivity contribution in [2.45, 2.75) is 18.3 Å². The van der Waals surface area contributed by atoms with Crippen LogP contribution in [0.25, 0.3) is 0 Å². The Hall–Kier alpha value is -2.35. The molecule has 0 aliphatic rings. The number of hydrogen-bond donors (Lipinski definition) is 1. The molecular formula is C18H18O2. The minimum atomic E-state index is -1.04. The van der Waals surface area contributed by atoms with Gasteiger partial charge in [-0.1, -0.05) is 66.7 Å². The van der Waals surface area contributed by atoms with Gasteiger partial charge in [-0.05, 0) is 18.1 Å². The van der Waals surface area contributed by atoms with Gasteiger partial charge in [0.25, 0.3) is 0 Å². The fraction of sp³-hybridized carbons (Fsp3) is 0.167. The molecule has 0 heterocycles. The van der Waals surface area contributed by atoms with Gasteiger partial charge in [0.2, 0.25) is 0 Å². The van der Waals surface area contributed by atoms with Crippen molar-refractivity contribution >= 4 is 5.97 Å². The average molecular weight is 266 g/mol. The van der Waals surface area contributed by atoms with Gasteiger partial charge >= 0.3 is 5.97 Å². The second-order valence-corrected chi connectivity index (χ2v) is 5.00. The zero-order chi connectivity index (χ0) is 14.6. The Morgan fingerprint density at radius 1 is 1.10 bits per heavy atom. The van der Waals surface area contributed by atoms with Crippen molar-refractivity contribution in [3.8, 4) is 0 Å². The highest BCUT2D eigenvalue weighted by atomic mass is 16.4. The SMILES string of the molecule is C=C[C@H](c1ccccc1)[C@@](C)(C(=O)O)c1ccccc1. The molecule has 0 fully saturated rings. The largest absolute Gasteiger partial charge is 0.481 e. The molecule has 1 N–H and O–H groups in total. The quantitative estimate of drug-likeness (QED) is 0.830. The number of carboxylic acid groups (broad SMARTS) is 1. The lowest BCUT2D eigenvalue weighted by Gasteiger charge is -2.33. The van der Waals surface area contributed by atoms with Gasteiger partial charge in [-0.25, -0.2) is 0 Å². The highest BCUT2D eigenvalue weighted by molar-refractivity contribution is 5.83. The van der Waals surface area contributed by atoms with Crippen LogP contribution in [-0.4, -0.2) is 11.1 Å². The first-order chi connectivity index (χ1) is 9.60. The van der Waals surface area contributed by atoms with Crippen LogP contribution in [0.2, 0.25) is 0 Å². The average Bonchev–Trinajstić information content (AvgIpc) is 2.49. The Kier molecular flexibility index (Phi) is 4.04. The van der Waals surface area contributed by atoms with Crippen LogP contribution in [0.1, 0.15) is 24.0 Å². The standard InChI is InChI=1S/C18H18O2/c1-3-16(14-10-6-4-7-11-14)18(2,17(19)20)15-12-8-5-9-13-15/h3-13,16H,1H2,2H3,(H,19,20)/t16-,18+/m1/s1. The van der Waals surface area contributed by atoms with E-state index in [9.17, 15) is 9.90 Å². The molecule has 102 valence electrons. The van der Waals surface area contributed by atoms with Crippen molar-refractivity contribution in [1.29, 1.82) is 0 Å². The molecule has 2 nitrogen and oxygen atoms in total. The van der Waals surface area contributed by atoms with Crippen LogP contribution in [0.5, 0.6) is 0 Å². The van der Waals surface area contributed by atoms with E-state index in [1.807, 2.05) is 60.7 Å². The first kappa shape index (κ1) is 14.1. The number of allylic oxidation sites excluding steroid dienone is 1. The highest BCUT2D eigenvalue weighted by Crippen LogP contribution is 2.40. The lowest BCUT2D eigenvalue weighted by atomic mass is 9.69. The third kappa shape index (κ3) is 2.37. The molecule has 0 unspecified atom stereocenters. The molecule has 0 amide bonds. The number of benzene rings is 2. The van der Waals surface area contributed by atoms with E-state index in [4.69, 9.17) is 0 Å². The van der Waals surface area contributed by atoms with Gasteiger partial charge in [-0.3, -0.25) is 4.79 Å². The number of hydrogen-bond acceptors (Lipinski definition) is 1. The summed E-state index contributed by atoms with van der Waals surface area (Å²) in [6.45, 7) is 5.60. The van der Waals surface area contributed by atoms with E-state index in [0.29, 0.717) is 0 Å². The molecule has 2 heteroatoms. The van der Waals surface area contributed by atoms with Crippen molar-refractivity contribution in [2.75, 3.05) is 0 Å². The second kappa shape index (κ2) is 5.74. The molecule has 0 saturated heterocycles. The van der Waals surface area contributed by atoms with E-state index in [0.717, 1.165) is 11.1 Å². The maximum absolute atomic E-state index is 11.9. The van der Waals surface area contributed by atoms with Gasteiger partial charge in [0.15, 0.2) is 0 Å². The highest BCUT2D eigenvalue weighted by Gasteiger charge is 2.42. The summed E-state index contributed by atoms with van der Waals surface area (Å²) < 4.78 is 0. The fourth-order valence-electron chi connectivity index (χ4n) is 2.59. The molecule has 0 aliphatic carbocycles. The van der Waals surface area contributed by atoms with Crippen molar-refractivity contribution in [2.24, 2.45) is 0 Å². The molecular weight excluding hydrogens is 248 g/mol. The summed E-state index contributed by atoms with van der Waals surface area (Å²) >= 11 is 0. The summed E-state index contributed by atoms with van der Waals surface area (Å²) in [5.74, 6) is -1.14. The number of carbonyl (C=O) groups is 1. The van der Waals surface area contributed by atoms with Gasteiger partial charge in [0, 0.05) is 5.92 Å². The molecule has 20 heavy (non-hydrogen) atoms. The predicted octanol–water partition coefficient (Wildman–Crippen LogP) is 4.00. The van der Waals surface area contributed by atoms with E-state index in [1.165, 1.54) is 0 Å². The Morgan fingerprint density at radius 3 is 2.05 bits per heavy atom. The molecule has 0 bridgehead atoms.